The van der Waals surface area contributed by atoms with Gasteiger partial charge < -0.3 is 29.6 Å². The molecule has 0 heterocycles. The van der Waals surface area contributed by atoms with Crippen LogP contribution < -0.4 is 24.8 Å². The molecular weight excluding hydrogens is 657 g/mol. The molecule has 2 N–H and O–H groups in total. The number of fused-ring (bicyclic) bond motifs is 3. The summed E-state index contributed by atoms with van der Waals surface area (Å²) in [7, 11) is 6.68. The van der Waals surface area contributed by atoms with E-state index in [1.807, 2.05) is 66.7 Å². The van der Waals surface area contributed by atoms with Crippen molar-refractivity contribution in [3.8, 4) is 28.4 Å². The molecule has 0 bridgehead atoms. The first kappa shape index (κ1) is 36.2. The molecule has 4 aromatic carbocycles. The highest BCUT2D eigenvalue weighted by atomic mass is 31.0. The molecule has 11 nitrogen and oxygen atoms in total. The first-order valence-corrected chi connectivity index (χ1v) is 16.8. The smallest absolute Gasteiger partial charge is 0.407 e. The van der Waals surface area contributed by atoms with Gasteiger partial charge in [0.2, 0.25) is 5.91 Å². The Morgan fingerprint density at radius 1 is 0.860 bits per heavy atom. The van der Waals surface area contributed by atoms with Crippen LogP contribution in [-0.4, -0.2) is 63.5 Å². The van der Waals surface area contributed by atoms with Crippen LogP contribution >= 0.6 is 9.47 Å². The Morgan fingerprint density at radius 3 is 2.04 bits per heavy atom. The Kier molecular flexibility index (Phi) is 12.7. The number of amides is 3. The molecule has 262 valence electrons. The third-order valence-corrected chi connectivity index (χ3v) is 8.82. The van der Waals surface area contributed by atoms with Crippen LogP contribution in [0.2, 0.25) is 0 Å². The first-order chi connectivity index (χ1) is 24.4. The third-order valence-electron chi connectivity index (χ3n) is 8.57. The maximum Gasteiger partial charge on any atom is 0.407 e. The quantitative estimate of drug-likeness (QED) is 0.0854. The molecule has 0 spiro atoms. The van der Waals surface area contributed by atoms with E-state index in [0.717, 1.165) is 32.9 Å². The number of ether oxygens (including phenoxy) is 4. The summed E-state index contributed by atoms with van der Waals surface area (Å²) < 4.78 is 28.5. The van der Waals surface area contributed by atoms with Crippen molar-refractivity contribution in [1.29, 1.82) is 0 Å². The van der Waals surface area contributed by atoms with Gasteiger partial charge in [-0.3, -0.25) is 14.2 Å². The number of benzene rings is 4. The molecule has 1 unspecified atom stereocenters. The summed E-state index contributed by atoms with van der Waals surface area (Å²) in [5.74, 6) is 0.550. The fourth-order valence-electron chi connectivity index (χ4n) is 6.06. The van der Waals surface area contributed by atoms with Gasteiger partial charge >= 0.3 is 6.09 Å². The molecule has 0 radical (unpaired) electrons. The van der Waals surface area contributed by atoms with Gasteiger partial charge in [-0.1, -0.05) is 78.9 Å². The van der Waals surface area contributed by atoms with Gasteiger partial charge in [0.25, 0.3) is 5.91 Å². The van der Waals surface area contributed by atoms with E-state index in [1.54, 1.807) is 19.2 Å². The van der Waals surface area contributed by atoms with Crippen LogP contribution in [0.3, 0.4) is 0 Å². The Labute approximate surface area is 294 Å². The van der Waals surface area contributed by atoms with Gasteiger partial charge in [0.05, 0.1) is 32.9 Å². The number of hydrogen-bond acceptors (Lipinski definition) is 8. The molecule has 50 heavy (non-hydrogen) atoms. The lowest BCUT2D eigenvalue weighted by molar-refractivity contribution is -0.159. The first-order valence-electron chi connectivity index (χ1n) is 16.3. The van der Waals surface area contributed by atoms with Crippen molar-refractivity contribution in [2.45, 2.75) is 37.8 Å². The van der Waals surface area contributed by atoms with Crippen LogP contribution in [0.5, 0.6) is 17.2 Å². The molecule has 0 fully saturated rings. The average molecular weight is 700 g/mol. The van der Waals surface area contributed by atoms with E-state index >= 15 is 0 Å². The zero-order valence-corrected chi connectivity index (χ0v) is 29.5. The summed E-state index contributed by atoms with van der Waals surface area (Å²) in [6.07, 6.45) is 0.317. The van der Waals surface area contributed by atoms with Gasteiger partial charge in [-0.25, -0.2) is 9.86 Å². The van der Waals surface area contributed by atoms with Gasteiger partial charge in [-0.15, -0.1) is 0 Å². The third kappa shape index (κ3) is 8.72. The molecule has 4 aromatic rings. The summed E-state index contributed by atoms with van der Waals surface area (Å²) in [5.41, 5.74) is 5.76. The van der Waals surface area contributed by atoms with E-state index in [0.29, 0.717) is 42.3 Å². The van der Waals surface area contributed by atoms with Crippen molar-refractivity contribution in [3.05, 3.63) is 113 Å². The molecule has 1 aliphatic rings. The van der Waals surface area contributed by atoms with E-state index in [1.165, 1.54) is 14.2 Å². The van der Waals surface area contributed by atoms with Crippen LogP contribution in [0, 0.1) is 0 Å². The summed E-state index contributed by atoms with van der Waals surface area (Å²) in [5, 5.41) is 6.50. The number of hydroxylamine groups is 2. The molecule has 5 rings (SSSR count). The maximum atomic E-state index is 14.1. The zero-order valence-electron chi connectivity index (χ0n) is 28.3. The second-order valence-corrected chi connectivity index (χ2v) is 11.8. The second kappa shape index (κ2) is 17.5. The van der Waals surface area contributed by atoms with Gasteiger partial charge in [-0.05, 0) is 34.2 Å². The van der Waals surface area contributed by atoms with Crippen molar-refractivity contribution < 1.29 is 38.0 Å². The van der Waals surface area contributed by atoms with E-state index in [4.69, 9.17) is 23.6 Å². The van der Waals surface area contributed by atoms with Crippen molar-refractivity contribution in [2.75, 3.05) is 34.5 Å². The lowest BCUT2D eigenvalue weighted by atomic mass is 9.98. The molecule has 0 aliphatic heterocycles. The van der Waals surface area contributed by atoms with Gasteiger partial charge in [0.15, 0.2) is 0 Å². The van der Waals surface area contributed by atoms with Crippen molar-refractivity contribution >= 4 is 27.4 Å². The number of alkyl carbamates (subject to hydrolysis) is 1. The van der Waals surface area contributed by atoms with Crippen LogP contribution in [0.15, 0.2) is 91.0 Å². The van der Waals surface area contributed by atoms with E-state index in [2.05, 4.69) is 32.2 Å². The number of hydrogen-bond donors (Lipinski definition) is 2. The Balaban J connectivity index is 1.31. The second-order valence-electron chi connectivity index (χ2n) is 11.6. The lowest BCUT2D eigenvalue weighted by Gasteiger charge is -2.27. The van der Waals surface area contributed by atoms with Crippen molar-refractivity contribution in [3.63, 3.8) is 0 Å². The number of carbonyl (C=O) groups is 3. The molecule has 0 saturated heterocycles. The molecule has 0 aromatic heterocycles. The monoisotopic (exact) mass is 699 g/mol. The van der Waals surface area contributed by atoms with E-state index < -0.39 is 18.0 Å². The minimum Gasteiger partial charge on any atom is -0.496 e. The molecule has 2 atom stereocenters. The summed E-state index contributed by atoms with van der Waals surface area (Å²) in [6, 6.07) is 27.9. The molecule has 12 heteroatoms. The molecular formula is C38H42N3O8P. The highest BCUT2D eigenvalue weighted by Gasteiger charge is 2.32. The molecule has 3 amide bonds. The van der Waals surface area contributed by atoms with Crippen molar-refractivity contribution in [2.24, 2.45) is 0 Å². The molecule has 1 aliphatic carbocycles. The van der Waals surface area contributed by atoms with E-state index in [-0.39, 0.29) is 31.4 Å². The number of nitrogens with zero attached hydrogens (tertiary/aromatic N) is 1. The summed E-state index contributed by atoms with van der Waals surface area (Å²) in [6.45, 7) is 0.328. The van der Waals surface area contributed by atoms with Gasteiger partial charge in [0.1, 0.15) is 29.9 Å². The predicted octanol–water partition coefficient (Wildman–Crippen LogP) is 5.81. The lowest BCUT2D eigenvalue weighted by Crippen LogP contribution is -2.49. The van der Waals surface area contributed by atoms with Crippen LogP contribution in [-0.2, 0) is 31.9 Å². The minimum atomic E-state index is -1.03. The number of nitrogens with one attached hydrogen (secondary N) is 2. The van der Waals surface area contributed by atoms with Crippen LogP contribution in [0.1, 0.15) is 41.0 Å². The fraction of sp³-hybridized carbons (Fsp3) is 0.289. The number of rotatable bonds is 16. The Morgan fingerprint density at radius 2 is 1.46 bits per heavy atom. The Hall–Kier alpha value is -5.12. The zero-order chi connectivity index (χ0) is 35.5. The average Bonchev–Trinajstić information content (AvgIpc) is 3.47. The number of carbonyl (C=O) groups excluding carboxylic acids is 3. The highest BCUT2D eigenvalue weighted by molar-refractivity contribution is 7.09. The summed E-state index contributed by atoms with van der Waals surface area (Å²) in [4.78, 5) is 39.0. The highest BCUT2D eigenvalue weighted by Crippen LogP contribution is 2.44. The van der Waals surface area contributed by atoms with Crippen LogP contribution in [0.4, 0.5) is 4.79 Å². The number of methoxy groups -OCH3 is 2. The van der Waals surface area contributed by atoms with Gasteiger partial charge in [0, 0.05) is 47.4 Å². The Bertz CT molecular complexity index is 1720. The van der Waals surface area contributed by atoms with Crippen LogP contribution in [0.25, 0.3) is 11.1 Å². The van der Waals surface area contributed by atoms with Gasteiger partial charge in [-0.2, -0.15) is 0 Å². The fourth-order valence-corrected chi connectivity index (χ4v) is 6.24. The van der Waals surface area contributed by atoms with E-state index in [9.17, 15) is 14.4 Å². The SMILES string of the molecule is CNC(=O)CCCOc1cc(OC)c(CN(OP)C(=O)[C@H](Cc2ccccc2)NC(=O)OCC2c3ccccc3-c3ccccc32)c(OC)c1. The standard InChI is InChI=1S/C38H42N3O8P/c1-39-36(42)18-11-19-47-26-21-34(45-2)31(35(22-26)46-3)23-41(49-50)37(43)33(20-25-12-5-4-6-13-25)40-38(44)48-24-32-29-16-9-7-14-27(29)28-15-8-10-17-30(28)32/h4-10,12-17,21-22,32-33H,11,18-20,23-24,50H2,1-3H3,(H,39,42)(H,40,44)/t33-/m0/s1. The maximum absolute atomic E-state index is 14.1. The summed E-state index contributed by atoms with van der Waals surface area (Å²) >= 11 is 0. The largest absolute Gasteiger partial charge is 0.496 e. The normalized spacial score (nSPS) is 12.2. The van der Waals surface area contributed by atoms with Crippen molar-refractivity contribution in [1.82, 2.24) is 15.7 Å². The topological polar surface area (TPSA) is 125 Å². The predicted molar refractivity (Wildman–Crippen MR) is 192 cm³/mol. The minimum absolute atomic E-state index is 0.0695. The molecule has 0 saturated carbocycles.